The Hall–Kier alpha value is -2.86. The minimum absolute atomic E-state index is 0.201. The Bertz CT molecular complexity index is 859. The number of carboxylic acids is 1. The molecule has 2 aliphatic heterocycles. The molecule has 4 rings (SSSR count). The van der Waals surface area contributed by atoms with Crippen LogP contribution in [-0.2, 0) is 16.1 Å². The van der Waals surface area contributed by atoms with Gasteiger partial charge in [-0.1, -0.05) is 42.5 Å². The first-order chi connectivity index (χ1) is 14.1. The van der Waals surface area contributed by atoms with Gasteiger partial charge >= 0.3 is 12.1 Å². The molecule has 6 nitrogen and oxygen atoms in total. The van der Waals surface area contributed by atoms with Crippen LogP contribution in [0.5, 0.6) is 0 Å². The standard InChI is InChI=1S/C23H25NO5/c25-21(26)19-9-7-18(8-10-19)20-15-23(11-4-14-29-23)12-13-24(20)22(27)28-16-17-5-2-1-3-6-17/h1-3,5-10,20H,4,11-16H2,(H,25,26). The number of carboxylic acid groups (broad SMARTS) is 1. The maximum absolute atomic E-state index is 12.9. The molecule has 0 aliphatic carbocycles. The van der Waals surface area contributed by atoms with Crippen molar-refractivity contribution in [1.82, 2.24) is 4.90 Å². The molecular weight excluding hydrogens is 370 g/mol. The molecule has 0 bridgehead atoms. The van der Waals surface area contributed by atoms with Gasteiger partial charge in [-0.3, -0.25) is 0 Å². The minimum Gasteiger partial charge on any atom is -0.478 e. The maximum atomic E-state index is 12.9. The van der Waals surface area contributed by atoms with Gasteiger partial charge in [-0.15, -0.1) is 0 Å². The van der Waals surface area contributed by atoms with Gasteiger partial charge in [0.05, 0.1) is 17.2 Å². The molecule has 1 N–H and O–H groups in total. The summed E-state index contributed by atoms with van der Waals surface area (Å²) in [6.07, 6.45) is 3.15. The van der Waals surface area contributed by atoms with Crippen LogP contribution in [0.4, 0.5) is 4.79 Å². The highest BCUT2D eigenvalue weighted by Gasteiger charge is 2.45. The van der Waals surface area contributed by atoms with E-state index in [1.54, 1.807) is 29.2 Å². The second-order valence-electron chi connectivity index (χ2n) is 7.77. The summed E-state index contributed by atoms with van der Waals surface area (Å²) in [6, 6.07) is 16.2. The van der Waals surface area contributed by atoms with Gasteiger partial charge in [0.2, 0.25) is 0 Å². The Labute approximate surface area is 170 Å². The third-order valence-corrected chi connectivity index (χ3v) is 5.92. The van der Waals surface area contributed by atoms with Crippen LogP contribution >= 0.6 is 0 Å². The van der Waals surface area contributed by atoms with Crippen molar-refractivity contribution in [2.24, 2.45) is 0 Å². The van der Waals surface area contributed by atoms with Crippen molar-refractivity contribution in [1.29, 1.82) is 0 Å². The zero-order valence-electron chi connectivity index (χ0n) is 16.3. The number of ether oxygens (including phenoxy) is 2. The highest BCUT2D eigenvalue weighted by atomic mass is 16.6. The lowest BCUT2D eigenvalue weighted by atomic mass is 9.81. The van der Waals surface area contributed by atoms with E-state index < -0.39 is 5.97 Å². The summed E-state index contributed by atoms with van der Waals surface area (Å²) in [6.45, 7) is 1.53. The number of hydrogen-bond donors (Lipinski definition) is 1. The molecule has 1 spiro atoms. The smallest absolute Gasteiger partial charge is 0.410 e. The molecule has 2 heterocycles. The number of hydrogen-bond acceptors (Lipinski definition) is 4. The monoisotopic (exact) mass is 395 g/mol. The SMILES string of the molecule is O=C(O)c1ccc(C2CC3(CCCO3)CCN2C(=O)OCc2ccccc2)cc1. The molecule has 152 valence electrons. The van der Waals surface area contributed by atoms with Crippen LogP contribution in [0.3, 0.4) is 0 Å². The zero-order valence-corrected chi connectivity index (χ0v) is 16.3. The summed E-state index contributed by atoms with van der Waals surface area (Å²) >= 11 is 0. The van der Waals surface area contributed by atoms with Gasteiger partial charge in [-0.25, -0.2) is 9.59 Å². The highest BCUT2D eigenvalue weighted by molar-refractivity contribution is 5.87. The van der Waals surface area contributed by atoms with Crippen LogP contribution in [0.25, 0.3) is 0 Å². The van der Waals surface area contributed by atoms with Gasteiger partial charge in [0, 0.05) is 19.6 Å². The van der Waals surface area contributed by atoms with Gasteiger partial charge in [0.1, 0.15) is 6.61 Å². The number of likely N-dealkylation sites (tertiary alicyclic amines) is 1. The van der Waals surface area contributed by atoms with E-state index in [4.69, 9.17) is 14.6 Å². The molecule has 2 fully saturated rings. The summed E-state index contributed by atoms with van der Waals surface area (Å²) in [5, 5.41) is 9.17. The van der Waals surface area contributed by atoms with Crippen molar-refractivity contribution in [3.8, 4) is 0 Å². The minimum atomic E-state index is -0.963. The van der Waals surface area contributed by atoms with E-state index in [-0.39, 0.29) is 29.9 Å². The van der Waals surface area contributed by atoms with Gasteiger partial charge in [0.15, 0.2) is 0 Å². The lowest BCUT2D eigenvalue weighted by molar-refractivity contribution is -0.0625. The quantitative estimate of drug-likeness (QED) is 0.830. The third-order valence-electron chi connectivity index (χ3n) is 5.92. The summed E-state index contributed by atoms with van der Waals surface area (Å²) in [5.74, 6) is -0.963. The Morgan fingerprint density at radius 1 is 1.10 bits per heavy atom. The predicted octanol–water partition coefficient (Wildman–Crippen LogP) is 4.41. The fourth-order valence-electron chi connectivity index (χ4n) is 4.32. The zero-order chi connectivity index (χ0) is 20.3. The number of rotatable bonds is 4. The second-order valence-corrected chi connectivity index (χ2v) is 7.77. The number of piperidine rings is 1. The summed E-state index contributed by atoms with van der Waals surface area (Å²) in [5.41, 5.74) is 1.87. The number of carbonyl (C=O) groups excluding carboxylic acids is 1. The fourth-order valence-corrected chi connectivity index (χ4v) is 4.32. The highest BCUT2D eigenvalue weighted by Crippen LogP contribution is 2.44. The van der Waals surface area contributed by atoms with Crippen molar-refractivity contribution >= 4 is 12.1 Å². The molecule has 29 heavy (non-hydrogen) atoms. The number of nitrogens with zero attached hydrogens (tertiary/aromatic N) is 1. The molecule has 0 radical (unpaired) electrons. The Morgan fingerprint density at radius 3 is 2.52 bits per heavy atom. The number of amides is 1. The van der Waals surface area contributed by atoms with E-state index in [1.165, 1.54) is 0 Å². The average molecular weight is 395 g/mol. The second kappa shape index (κ2) is 8.25. The van der Waals surface area contributed by atoms with E-state index in [2.05, 4.69) is 0 Å². The van der Waals surface area contributed by atoms with Gasteiger partial charge in [-0.05, 0) is 42.5 Å². The summed E-state index contributed by atoms with van der Waals surface area (Å²) < 4.78 is 11.7. The van der Waals surface area contributed by atoms with E-state index in [0.29, 0.717) is 13.0 Å². The molecule has 0 saturated carbocycles. The van der Waals surface area contributed by atoms with Crippen molar-refractivity contribution in [2.75, 3.05) is 13.2 Å². The van der Waals surface area contributed by atoms with E-state index in [0.717, 1.165) is 37.0 Å². The van der Waals surface area contributed by atoms with Crippen LogP contribution in [-0.4, -0.2) is 40.8 Å². The number of carbonyl (C=O) groups is 2. The Morgan fingerprint density at radius 2 is 1.86 bits per heavy atom. The molecule has 2 saturated heterocycles. The molecule has 2 unspecified atom stereocenters. The largest absolute Gasteiger partial charge is 0.478 e. The lowest BCUT2D eigenvalue weighted by Crippen LogP contribution is -2.48. The Kier molecular flexibility index (Phi) is 5.53. The molecular formula is C23H25NO5. The van der Waals surface area contributed by atoms with Crippen LogP contribution in [0, 0.1) is 0 Å². The fraction of sp³-hybridized carbons (Fsp3) is 0.391. The van der Waals surface area contributed by atoms with E-state index in [9.17, 15) is 9.59 Å². The molecule has 0 aromatic heterocycles. The molecule has 2 aliphatic rings. The van der Waals surface area contributed by atoms with Crippen molar-refractivity contribution in [3.05, 3.63) is 71.3 Å². The van der Waals surface area contributed by atoms with Crippen LogP contribution < -0.4 is 0 Å². The predicted molar refractivity (Wildman–Crippen MR) is 107 cm³/mol. The molecule has 2 atom stereocenters. The van der Waals surface area contributed by atoms with Gasteiger partial charge in [0.25, 0.3) is 0 Å². The molecule has 6 heteroatoms. The van der Waals surface area contributed by atoms with Crippen LogP contribution in [0.1, 0.15) is 53.2 Å². The average Bonchev–Trinajstić information content (AvgIpc) is 3.20. The van der Waals surface area contributed by atoms with Gasteiger partial charge < -0.3 is 19.5 Å². The summed E-state index contributed by atoms with van der Waals surface area (Å²) in [4.78, 5) is 25.8. The van der Waals surface area contributed by atoms with Crippen LogP contribution in [0.15, 0.2) is 54.6 Å². The summed E-state index contributed by atoms with van der Waals surface area (Å²) in [7, 11) is 0. The topological polar surface area (TPSA) is 76.1 Å². The molecule has 2 aromatic rings. The first kappa shape index (κ1) is 19.5. The van der Waals surface area contributed by atoms with Crippen molar-refractivity contribution < 1.29 is 24.2 Å². The Balaban J connectivity index is 1.53. The third kappa shape index (κ3) is 4.27. The molecule has 1 amide bonds. The van der Waals surface area contributed by atoms with E-state index in [1.807, 2.05) is 30.3 Å². The van der Waals surface area contributed by atoms with Gasteiger partial charge in [-0.2, -0.15) is 0 Å². The van der Waals surface area contributed by atoms with E-state index >= 15 is 0 Å². The van der Waals surface area contributed by atoms with Crippen molar-refractivity contribution in [2.45, 2.75) is 43.9 Å². The number of aromatic carboxylic acids is 1. The van der Waals surface area contributed by atoms with Crippen LogP contribution in [0.2, 0.25) is 0 Å². The first-order valence-electron chi connectivity index (χ1n) is 10.0. The first-order valence-corrected chi connectivity index (χ1v) is 10.0. The van der Waals surface area contributed by atoms with Crippen molar-refractivity contribution in [3.63, 3.8) is 0 Å². The maximum Gasteiger partial charge on any atom is 0.410 e. The lowest BCUT2D eigenvalue weighted by Gasteiger charge is -2.44. The molecule has 2 aromatic carbocycles. The number of benzene rings is 2. The normalized spacial score (nSPS) is 23.9.